The van der Waals surface area contributed by atoms with Crippen molar-refractivity contribution < 1.29 is 0 Å². The number of aromatic nitrogens is 1. The third-order valence-electron chi connectivity index (χ3n) is 1.90. The van der Waals surface area contributed by atoms with E-state index in [4.69, 9.17) is 0 Å². The van der Waals surface area contributed by atoms with Crippen LogP contribution in [-0.4, -0.2) is 10.7 Å². The Labute approximate surface area is 71.7 Å². The van der Waals surface area contributed by atoms with E-state index in [1.807, 2.05) is 25.3 Å². The minimum atomic E-state index is 0.942. The number of pyridine rings is 1. The predicted octanol–water partition coefficient (Wildman–Crippen LogP) is 2.18. The van der Waals surface area contributed by atoms with E-state index in [9.17, 15) is 0 Å². The number of rotatable bonds is 1. The third kappa shape index (κ3) is 1.28. The molecule has 0 unspecified atom stereocenters. The molecule has 1 aromatic rings. The molecular formula is C10H10N2. The highest BCUT2D eigenvalue weighted by molar-refractivity contribution is 6.03. The summed E-state index contributed by atoms with van der Waals surface area (Å²) in [5, 5.41) is 0. The maximum Gasteiger partial charge on any atom is 0.0532 e. The summed E-state index contributed by atoms with van der Waals surface area (Å²) in [5.74, 6) is 0. The minimum Gasteiger partial charge on any atom is -0.264 e. The van der Waals surface area contributed by atoms with E-state index < -0.39 is 0 Å². The normalized spacial score (nSPS) is 15.8. The molecule has 0 aromatic carbocycles. The average molecular weight is 158 g/mol. The van der Waals surface area contributed by atoms with Gasteiger partial charge in [0.1, 0.15) is 0 Å². The molecule has 0 spiro atoms. The van der Waals surface area contributed by atoms with Gasteiger partial charge in [-0.2, -0.15) is 0 Å². The molecule has 0 saturated carbocycles. The van der Waals surface area contributed by atoms with Gasteiger partial charge >= 0.3 is 0 Å². The summed E-state index contributed by atoms with van der Waals surface area (Å²) in [6, 6.07) is 3.98. The molecule has 2 nitrogen and oxygen atoms in total. The fourth-order valence-corrected chi connectivity index (χ4v) is 1.26. The predicted molar refractivity (Wildman–Crippen MR) is 49.1 cm³/mol. The van der Waals surface area contributed by atoms with Crippen molar-refractivity contribution in [1.29, 1.82) is 0 Å². The van der Waals surface area contributed by atoms with Crippen molar-refractivity contribution in [2.24, 2.45) is 4.99 Å². The lowest BCUT2D eigenvalue weighted by atomic mass is 10.1. The van der Waals surface area contributed by atoms with Gasteiger partial charge in [0.2, 0.25) is 0 Å². The molecule has 60 valence electrons. The standard InChI is InChI=1S/C10H10N2/c1-8-4-5-10(12-8)9-3-2-6-11-7-9/h2-4,6-7H,5H2,1H3. The van der Waals surface area contributed by atoms with Crippen LogP contribution in [-0.2, 0) is 0 Å². The Kier molecular flexibility index (Phi) is 1.74. The zero-order valence-corrected chi connectivity index (χ0v) is 6.99. The van der Waals surface area contributed by atoms with Crippen LogP contribution in [0.15, 0.2) is 41.3 Å². The maximum atomic E-state index is 4.40. The van der Waals surface area contributed by atoms with E-state index in [0.717, 1.165) is 23.4 Å². The first-order valence-electron chi connectivity index (χ1n) is 4.01. The topological polar surface area (TPSA) is 25.2 Å². The number of nitrogens with zero attached hydrogens (tertiary/aromatic N) is 2. The van der Waals surface area contributed by atoms with Gasteiger partial charge in [0.15, 0.2) is 0 Å². The SMILES string of the molecule is CC1=CCC(c2cccnc2)=N1. The van der Waals surface area contributed by atoms with Crippen LogP contribution in [0.4, 0.5) is 0 Å². The molecule has 2 rings (SSSR count). The lowest BCUT2D eigenvalue weighted by Gasteiger charge is -1.96. The van der Waals surface area contributed by atoms with Crippen LogP contribution < -0.4 is 0 Å². The fraction of sp³-hybridized carbons (Fsp3) is 0.200. The van der Waals surface area contributed by atoms with Crippen LogP contribution in [0, 0.1) is 0 Å². The Bertz CT molecular complexity index is 336. The van der Waals surface area contributed by atoms with Gasteiger partial charge in [-0.05, 0) is 13.0 Å². The van der Waals surface area contributed by atoms with Gasteiger partial charge in [-0.25, -0.2) is 0 Å². The molecule has 0 amide bonds. The molecule has 2 heterocycles. The number of allylic oxidation sites excluding steroid dienone is 2. The highest BCUT2D eigenvalue weighted by Crippen LogP contribution is 2.14. The van der Waals surface area contributed by atoms with Crippen LogP contribution in [0.5, 0.6) is 0 Å². The summed E-state index contributed by atoms with van der Waals surface area (Å²) in [7, 11) is 0. The van der Waals surface area contributed by atoms with Gasteiger partial charge in [0.25, 0.3) is 0 Å². The maximum absolute atomic E-state index is 4.40. The van der Waals surface area contributed by atoms with Crippen molar-refractivity contribution in [3.63, 3.8) is 0 Å². The highest BCUT2D eigenvalue weighted by atomic mass is 14.8. The van der Waals surface area contributed by atoms with Crippen molar-refractivity contribution in [1.82, 2.24) is 4.98 Å². The van der Waals surface area contributed by atoms with Gasteiger partial charge in [-0.3, -0.25) is 9.98 Å². The van der Waals surface area contributed by atoms with E-state index in [0.29, 0.717) is 0 Å². The molecule has 0 N–H and O–H groups in total. The van der Waals surface area contributed by atoms with Gasteiger partial charge in [-0.15, -0.1) is 0 Å². The van der Waals surface area contributed by atoms with Crippen LogP contribution in [0.2, 0.25) is 0 Å². The summed E-state index contributed by atoms with van der Waals surface area (Å²) in [6.45, 7) is 2.02. The van der Waals surface area contributed by atoms with Crippen LogP contribution in [0.1, 0.15) is 18.9 Å². The summed E-state index contributed by atoms with van der Waals surface area (Å²) in [6.07, 6.45) is 6.70. The van der Waals surface area contributed by atoms with E-state index in [1.165, 1.54) is 0 Å². The van der Waals surface area contributed by atoms with Gasteiger partial charge in [0, 0.05) is 30.1 Å². The largest absolute Gasteiger partial charge is 0.264 e. The quantitative estimate of drug-likeness (QED) is 0.615. The minimum absolute atomic E-state index is 0.942. The monoisotopic (exact) mass is 158 g/mol. The Hall–Kier alpha value is -1.44. The zero-order chi connectivity index (χ0) is 8.39. The van der Waals surface area contributed by atoms with Crippen molar-refractivity contribution >= 4 is 5.71 Å². The summed E-state index contributed by atoms with van der Waals surface area (Å²) in [4.78, 5) is 8.45. The smallest absolute Gasteiger partial charge is 0.0532 e. The lowest BCUT2D eigenvalue weighted by molar-refractivity contribution is 1.30. The molecule has 1 aliphatic heterocycles. The van der Waals surface area contributed by atoms with Crippen LogP contribution in [0.3, 0.4) is 0 Å². The van der Waals surface area contributed by atoms with Gasteiger partial charge in [0.05, 0.1) is 5.71 Å². The highest BCUT2D eigenvalue weighted by Gasteiger charge is 2.06. The number of hydrogen-bond donors (Lipinski definition) is 0. The van der Waals surface area contributed by atoms with E-state index >= 15 is 0 Å². The molecule has 0 fully saturated rings. The zero-order valence-electron chi connectivity index (χ0n) is 6.99. The molecule has 2 heteroatoms. The molecule has 0 bridgehead atoms. The Balaban J connectivity index is 2.30. The summed E-state index contributed by atoms with van der Waals surface area (Å²) >= 11 is 0. The Morgan fingerprint density at radius 1 is 1.42 bits per heavy atom. The van der Waals surface area contributed by atoms with E-state index in [1.54, 1.807) is 6.20 Å². The molecule has 12 heavy (non-hydrogen) atoms. The molecule has 0 radical (unpaired) electrons. The van der Waals surface area contributed by atoms with E-state index in [2.05, 4.69) is 16.1 Å². The average Bonchev–Trinajstić information content (AvgIpc) is 2.54. The lowest BCUT2D eigenvalue weighted by Crippen LogP contribution is -1.95. The summed E-state index contributed by atoms with van der Waals surface area (Å²) < 4.78 is 0. The van der Waals surface area contributed by atoms with Gasteiger partial charge < -0.3 is 0 Å². The van der Waals surface area contributed by atoms with Crippen molar-refractivity contribution in [3.8, 4) is 0 Å². The molecule has 1 aromatic heterocycles. The molecule has 0 saturated heterocycles. The summed E-state index contributed by atoms with van der Waals surface area (Å²) in [5.41, 5.74) is 3.36. The molecule has 0 atom stereocenters. The van der Waals surface area contributed by atoms with E-state index in [-0.39, 0.29) is 0 Å². The third-order valence-corrected chi connectivity index (χ3v) is 1.90. The van der Waals surface area contributed by atoms with Gasteiger partial charge in [-0.1, -0.05) is 12.1 Å². The first kappa shape index (κ1) is 7.22. The molecule has 1 aliphatic rings. The Morgan fingerprint density at radius 3 is 2.92 bits per heavy atom. The van der Waals surface area contributed by atoms with Crippen molar-refractivity contribution in [3.05, 3.63) is 41.9 Å². The second-order valence-electron chi connectivity index (χ2n) is 2.85. The first-order chi connectivity index (χ1) is 5.86. The number of aliphatic imine (C=N–C) groups is 1. The molecular weight excluding hydrogens is 148 g/mol. The van der Waals surface area contributed by atoms with Crippen LogP contribution in [0.25, 0.3) is 0 Å². The molecule has 0 aliphatic carbocycles. The van der Waals surface area contributed by atoms with Crippen molar-refractivity contribution in [2.45, 2.75) is 13.3 Å². The fourth-order valence-electron chi connectivity index (χ4n) is 1.26. The Morgan fingerprint density at radius 2 is 2.33 bits per heavy atom. The second-order valence-corrected chi connectivity index (χ2v) is 2.85. The first-order valence-corrected chi connectivity index (χ1v) is 4.01. The van der Waals surface area contributed by atoms with Crippen LogP contribution >= 0.6 is 0 Å². The number of hydrogen-bond acceptors (Lipinski definition) is 2. The van der Waals surface area contributed by atoms with Crippen molar-refractivity contribution in [2.75, 3.05) is 0 Å². The second kappa shape index (κ2) is 2.89.